The number of unbranched alkanes of at least 4 members (excludes halogenated alkanes) is 2. The van der Waals surface area contributed by atoms with Crippen LogP contribution in [0.2, 0.25) is 0 Å². The Labute approximate surface area is 108 Å². The van der Waals surface area contributed by atoms with E-state index in [2.05, 4.69) is 34.3 Å². The van der Waals surface area contributed by atoms with E-state index in [1.807, 2.05) is 0 Å². The molecule has 1 rings (SSSR count). The lowest BCUT2D eigenvalue weighted by atomic mass is 10.2. The SMILES string of the molecule is C=CCNc1ccc(C(=O)NCCCCC)nn1. The van der Waals surface area contributed by atoms with Gasteiger partial charge < -0.3 is 10.6 Å². The van der Waals surface area contributed by atoms with Crippen molar-refractivity contribution in [3.05, 3.63) is 30.5 Å². The minimum absolute atomic E-state index is 0.172. The highest BCUT2D eigenvalue weighted by Gasteiger charge is 2.06. The number of rotatable bonds is 8. The third-order valence-corrected chi connectivity index (χ3v) is 2.39. The Hall–Kier alpha value is -1.91. The van der Waals surface area contributed by atoms with Crippen molar-refractivity contribution in [3.63, 3.8) is 0 Å². The Morgan fingerprint density at radius 3 is 2.83 bits per heavy atom. The molecule has 5 heteroatoms. The van der Waals surface area contributed by atoms with Crippen LogP contribution in [0.1, 0.15) is 36.7 Å². The number of amides is 1. The number of nitrogens with zero attached hydrogens (tertiary/aromatic N) is 2. The van der Waals surface area contributed by atoms with Crippen LogP contribution in [0.3, 0.4) is 0 Å². The van der Waals surface area contributed by atoms with E-state index in [1.165, 1.54) is 0 Å². The molecule has 0 bridgehead atoms. The van der Waals surface area contributed by atoms with Gasteiger partial charge in [-0.25, -0.2) is 0 Å². The fourth-order valence-corrected chi connectivity index (χ4v) is 1.39. The molecule has 1 heterocycles. The van der Waals surface area contributed by atoms with E-state index in [4.69, 9.17) is 0 Å². The van der Waals surface area contributed by atoms with Gasteiger partial charge in [0.05, 0.1) is 0 Å². The predicted octanol–water partition coefficient (Wildman–Crippen LogP) is 1.99. The lowest BCUT2D eigenvalue weighted by molar-refractivity contribution is 0.0947. The van der Waals surface area contributed by atoms with Crippen molar-refractivity contribution in [2.75, 3.05) is 18.4 Å². The van der Waals surface area contributed by atoms with Crippen LogP contribution < -0.4 is 10.6 Å². The molecule has 1 aromatic heterocycles. The van der Waals surface area contributed by atoms with Crippen molar-refractivity contribution >= 4 is 11.7 Å². The van der Waals surface area contributed by atoms with Crippen LogP contribution in [0.25, 0.3) is 0 Å². The van der Waals surface area contributed by atoms with Gasteiger partial charge in [-0.1, -0.05) is 25.8 Å². The van der Waals surface area contributed by atoms with Crippen LogP contribution in [0.4, 0.5) is 5.82 Å². The minimum atomic E-state index is -0.172. The fraction of sp³-hybridized carbons (Fsp3) is 0.462. The Morgan fingerprint density at radius 1 is 1.39 bits per heavy atom. The van der Waals surface area contributed by atoms with Gasteiger partial charge in [0, 0.05) is 13.1 Å². The molecule has 0 fully saturated rings. The summed E-state index contributed by atoms with van der Waals surface area (Å²) in [5.41, 5.74) is 0.343. The van der Waals surface area contributed by atoms with E-state index in [-0.39, 0.29) is 5.91 Å². The molecule has 18 heavy (non-hydrogen) atoms. The normalized spacial score (nSPS) is 9.83. The van der Waals surface area contributed by atoms with Gasteiger partial charge in [-0.15, -0.1) is 16.8 Å². The Bertz CT molecular complexity index is 375. The van der Waals surface area contributed by atoms with E-state index in [0.717, 1.165) is 19.3 Å². The van der Waals surface area contributed by atoms with Crippen molar-refractivity contribution in [1.29, 1.82) is 0 Å². The minimum Gasteiger partial charge on any atom is -0.365 e. The van der Waals surface area contributed by atoms with Gasteiger partial charge in [0.2, 0.25) is 0 Å². The summed E-state index contributed by atoms with van der Waals surface area (Å²) in [7, 11) is 0. The van der Waals surface area contributed by atoms with Crippen LogP contribution in [0, 0.1) is 0 Å². The molecule has 2 N–H and O–H groups in total. The maximum Gasteiger partial charge on any atom is 0.271 e. The summed E-state index contributed by atoms with van der Waals surface area (Å²) in [6.07, 6.45) is 4.99. The molecule has 0 saturated carbocycles. The first-order valence-electron chi connectivity index (χ1n) is 6.24. The van der Waals surface area contributed by atoms with Gasteiger partial charge in [0.15, 0.2) is 5.69 Å². The topological polar surface area (TPSA) is 66.9 Å². The Kier molecular flexibility index (Phi) is 6.46. The first-order chi connectivity index (χ1) is 8.77. The smallest absolute Gasteiger partial charge is 0.271 e. The summed E-state index contributed by atoms with van der Waals surface area (Å²) in [5, 5.41) is 13.6. The van der Waals surface area contributed by atoms with Crippen LogP contribution in [-0.4, -0.2) is 29.2 Å². The largest absolute Gasteiger partial charge is 0.365 e. The van der Waals surface area contributed by atoms with E-state index < -0.39 is 0 Å². The van der Waals surface area contributed by atoms with Crippen molar-refractivity contribution in [1.82, 2.24) is 15.5 Å². The van der Waals surface area contributed by atoms with Crippen LogP contribution in [0.5, 0.6) is 0 Å². The molecule has 0 radical (unpaired) electrons. The summed E-state index contributed by atoms with van der Waals surface area (Å²) < 4.78 is 0. The lowest BCUT2D eigenvalue weighted by Gasteiger charge is -2.04. The summed E-state index contributed by atoms with van der Waals surface area (Å²) in [6, 6.07) is 3.39. The average molecular weight is 248 g/mol. The van der Waals surface area contributed by atoms with E-state index in [1.54, 1.807) is 18.2 Å². The van der Waals surface area contributed by atoms with E-state index >= 15 is 0 Å². The van der Waals surface area contributed by atoms with Crippen molar-refractivity contribution in [2.45, 2.75) is 26.2 Å². The van der Waals surface area contributed by atoms with E-state index in [0.29, 0.717) is 24.6 Å². The number of anilines is 1. The number of carbonyl (C=O) groups excluding carboxylic acids is 1. The fourth-order valence-electron chi connectivity index (χ4n) is 1.39. The van der Waals surface area contributed by atoms with Crippen LogP contribution >= 0.6 is 0 Å². The van der Waals surface area contributed by atoms with Crippen molar-refractivity contribution in [2.24, 2.45) is 0 Å². The zero-order chi connectivity index (χ0) is 13.2. The summed E-state index contributed by atoms with van der Waals surface area (Å²) in [5.74, 6) is 0.464. The molecule has 0 aliphatic rings. The molecule has 0 aromatic carbocycles. The highest BCUT2D eigenvalue weighted by Crippen LogP contribution is 2.01. The molecule has 1 amide bonds. The molecule has 5 nitrogen and oxygen atoms in total. The predicted molar refractivity (Wildman–Crippen MR) is 72.6 cm³/mol. The van der Waals surface area contributed by atoms with Gasteiger partial charge in [-0.05, 0) is 18.6 Å². The molecule has 98 valence electrons. The molecule has 0 spiro atoms. The number of hydrogen-bond donors (Lipinski definition) is 2. The van der Waals surface area contributed by atoms with Crippen molar-refractivity contribution in [3.8, 4) is 0 Å². The maximum atomic E-state index is 11.7. The first kappa shape index (κ1) is 14.2. The van der Waals surface area contributed by atoms with Gasteiger partial charge >= 0.3 is 0 Å². The number of hydrogen-bond acceptors (Lipinski definition) is 4. The van der Waals surface area contributed by atoms with Gasteiger partial charge in [0.25, 0.3) is 5.91 Å². The average Bonchev–Trinajstić information content (AvgIpc) is 2.41. The van der Waals surface area contributed by atoms with Gasteiger partial charge in [0.1, 0.15) is 5.82 Å². The third-order valence-electron chi connectivity index (χ3n) is 2.39. The quantitative estimate of drug-likeness (QED) is 0.545. The second-order valence-corrected chi connectivity index (χ2v) is 3.94. The van der Waals surface area contributed by atoms with Gasteiger partial charge in [-0.3, -0.25) is 4.79 Å². The maximum absolute atomic E-state index is 11.7. The lowest BCUT2D eigenvalue weighted by Crippen LogP contribution is -2.25. The highest BCUT2D eigenvalue weighted by atomic mass is 16.1. The second kappa shape index (κ2) is 8.22. The summed E-state index contributed by atoms with van der Waals surface area (Å²) in [4.78, 5) is 11.7. The van der Waals surface area contributed by atoms with E-state index in [9.17, 15) is 4.79 Å². The molecule has 0 aliphatic carbocycles. The molecule has 0 atom stereocenters. The molecule has 0 unspecified atom stereocenters. The van der Waals surface area contributed by atoms with Crippen LogP contribution in [-0.2, 0) is 0 Å². The zero-order valence-electron chi connectivity index (χ0n) is 10.8. The highest BCUT2D eigenvalue weighted by molar-refractivity contribution is 5.92. The zero-order valence-corrected chi connectivity index (χ0v) is 10.8. The molecule has 0 aliphatic heterocycles. The summed E-state index contributed by atoms with van der Waals surface area (Å²) >= 11 is 0. The monoisotopic (exact) mass is 248 g/mol. The Balaban J connectivity index is 2.41. The molecule has 0 saturated heterocycles. The molecule has 1 aromatic rings. The molecular formula is C13H20N4O. The van der Waals surface area contributed by atoms with Crippen LogP contribution in [0.15, 0.2) is 24.8 Å². The standard InChI is InChI=1S/C13H20N4O/c1-3-5-6-10-15-13(18)11-7-8-12(17-16-11)14-9-4-2/h4,7-8H,2-3,5-6,9-10H2,1H3,(H,14,17)(H,15,18). The second-order valence-electron chi connectivity index (χ2n) is 3.94. The molecular weight excluding hydrogens is 228 g/mol. The van der Waals surface area contributed by atoms with Crippen molar-refractivity contribution < 1.29 is 4.79 Å². The first-order valence-corrected chi connectivity index (χ1v) is 6.24. The number of nitrogens with one attached hydrogen (secondary N) is 2. The Morgan fingerprint density at radius 2 is 2.22 bits per heavy atom. The third kappa shape index (κ3) is 4.95. The number of carbonyl (C=O) groups is 1. The summed E-state index contributed by atoms with van der Waals surface area (Å²) in [6.45, 7) is 7.03. The van der Waals surface area contributed by atoms with Gasteiger partial charge in [-0.2, -0.15) is 0 Å². The number of aromatic nitrogens is 2.